The minimum absolute atomic E-state index is 0.358. The predicted octanol–water partition coefficient (Wildman–Crippen LogP) is 2.95. The number of anilines is 1. The average Bonchev–Trinajstić information content (AvgIpc) is 2.66. The van der Waals surface area contributed by atoms with Gasteiger partial charge in [0.05, 0.1) is 19.4 Å². The molecule has 112 valence electrons. The molecule has 2 aromatic rings. The van der Waals surface area contributed by atoms with E-state index in [1.165, 1.54) is 5.56 Å². The van der Waals surface area contributed by atoms with E-state index in [1.807, 2.05) is 13.1 Å². The molecule has 0 spiro atoms. The van der Waals surface area contributed by atoms with Crippen LogP contribution in [-0.2, 0) is 7.05 Å². The lowest BCUT2D eigenvalue weighted by Gasteiger charge is -2.17. The van der Waals surface area contributed by atoms with E-state index < -0.39 is 0 Å². The van der Waals surface area contributed by atoms with Crippen LogP contribution < -0.4 is 15.2 Å². The number of fused-ring (bicyclic) bond motifs is 1. The summed E-state index contributed by atoms with van der Waals surface area (Å²) in [5, 5.41) is 4.24. The highest BCUT2D eigenvalue weighted by Gasteiger charge is 2.20. The Morgan fingerprint density at radius 3 is 2.38 bits per heavy atom. The summed E-state index contributed by atoms with van der Waals surface area (Å²) < 4.78 is 13.3. The van der Waals surface area contributed by atoms with Crippen molar-refractivity contribution in [3.05, 3.63) is 23.9 Å². The van der Waals surface area contributed by atoms with Gasteiger partial charge in [0, 0.05) is 19.0 Å². The van der Waals surface area contributed by atoms with Crippen molar-refractivity contribution in [1.29, 1.82) is 0 Å². The smallest absolute Gasteiger partial charge is 0.161 e. The van der Waals surface area contributed by atoms with Crippen molar-refractivity contribution in [1.82, 2.24) is 9.78 Å². The number of ether oxygens (including phenoxy) is 2. The molecule has 2 N–H and O–H groups in total. The molecule has 1 aromatic carbocycles. The van der Waals surface area contributed by atoms with Crippen LogP contribution in [0.5, 0.6) is 11.5 Å². The fourth-order valence-electron chi connectivity index (χ4n) is 2.59. The van der Waals surface area contributed by atoms with Crippen molar-refractivity contribution in [2.24, 2.45) is 7.05 Å². The average molecular weight is 287 g/mol. The number of benzene rings is 1. The van der Waals surface area contributed by atoms with E-state index in [-0.39, 0.29) is 0 Å². The molecule has 1 aliphatic rings. The Morgan fingerprint density at radius 1 is 1.14 bits per heavy atom. The lowest BCUT2D eigenvalue weighted by atomic mass is 9.93. The summed E-state index contributed by atoms with van der Waals surface area (Å²) in [6.07, 6.45) is 2.70. The van der Waals surface area contributed by atoms with Crippen LogP contribution in [0.25, 0.3) is 11.1 Å². The molecule has 0 fully saturated rings. The first-order chi connectivity index (χ1) is 10.1. The van der Waals surface area contributed by atoms with E-state index in [0.29, 0.717) is 24.9 Å². The second kappa shape index (κ2) is 5.31. The maximum Gasteiger partial charge on any atom is 0.161 e. The highest BCUT2D eigenvalue weighted by Crippen LogP contribution is 2.41. The number of aromatic nitrogens is 2. The van der Waals surface area contributed by atoms with E-state index in [1.54, 1.807) is 10.9 Å². The third kappa shape index (κ3) is 2.44. The zero-order valence-electron chi connectivity index (χ0n) is 12.7. The van der Waals surface area contributed by atoms with Gasteiger partial charge in [0.25, 0.3) is 0 Å². The molecule has 0 saturated heterocycles. The molecular formula is C16H21N3O2. The third-order valence-electron chi connectivity index (χ3n) is 3.82. The highest BCUT2D eigenvalue weighted by molar-refractivity contribution is 5.78. The fourth-order valence-corrected chi connectivity index (χ4v) is 2.59. The number of hydrogen-bond donors (Lipinski definition) is 1. The van der Waals surface area contributed by atoms with Gasteiger partial charge in [-0.05, 0) is 29.2 Å². The van der Waals surface area contributed by atoms with Crippen molar-refractivity contribution < 1.29 is 9.47 Å². The van der Waals surface area contributed by atoms with Crippen molar-refractivity contribution in [2.45, 2.75) is 26.2 Å². The zero-order valence-corrected chi connectivity index (χ0v) is 12.7. The van der Waals surface area contributed by atoms with Gasteiger partial charge in [-0.2, -0.15) is 5.10 Å². The standard InChI is InChI=1S/C16H21N3O2/c1-10(2)11-7-14-15(21-6-4-5-20-14)8-12(11)13-9-18-19(3)16(13)17/h7-10H,4-6,17H2,1-3H3. The molecule has 5 heteroatoms. The molecular weight excluding hydrogens is 266 g/mol. The van der Waals surface area contributed by atoms with Gasteiger partial charge in [-0.15, -0.1) is 0 Å². The van der Waals surface area contributed by atoms with Crippen LogP contribution >= 0.6 is 0 Å². The summed E-state index contributed by atoms with van der Waals surface area (Å²) in [5.74, 6) is 2.63. The largest absolute Gasteiger partial charge is 0.490 e. The number of hydrogen-bond acceptors (Lipinski definition) is 4. The Bertz CT molecular complexity index is 662. The van der Waals surface area contributed by atoms with E-state index in [2.05, 4.69) is 25.0 Å². The van der Waals surface area contributed by atoms with Crippen LogP contribution in [0.4, 0.5) is 5.82 Å². The molecule has 1 aliphatic heterocycles. The first kappa shape index (κ1) is 13.8. The van der Waals surface area contributed by atoms with E-state index in [0.717, 1.165) is 29.0 Å². The third-order valence-corrected chi connectivity index (χ3v) is 3.82. The minimum atomic E-state index is 0.358. The van der Waals surface area contributed by atoms with Crippen molar-refractivity contribution >= 4 is 5.82 Å². The Morgan fingerprint density at radius 2 is 1.81 bits per heavy atom. The van der Waals surface area contributed by atoms with Gasteiger partial charge >= 0.3 is 0 Å². The summed E-state index contributed by atoms with van der Waals surface area (Å²) >= 11 is 0. The second-order valence-corrected chi connectivity index (χ2v) is 5.66. The monoisotopic (exact) mass is 287 g/mol. The fraction of sp³-hybridized carbons (Fsp3) is 0.438. The van der Waals surface area contributed by atoms with Crippen LogP contribution in [0.1, 0.15) is 31.7 Å². The molecule has 2 heterocycles. The second-order valence-electron chi connectivity index (χ2n) is 5.66. The molecule has 0 saturated carbocycles. The molecule has 0 amide bonds. The number of nitrogens with two attached hydrogens (primary N) is 1. The number of rotatable bonds is 2. The molecule has 5 nitrogen and oxygen atoms in total. The SMILES string of the molecule is CC(C)c1cc2c(cc1-c1cnn(C)c1N)OCCCO2. The van der Waals surface area contributed by atoms with Crippen molar-refractivity contribution in [3.63, 3.8) is 0 Å². The van der Waals surface area contributed by atoms with Gasteiger partial charge in [-0.25, -0.2) is 0 Å². The van der Waals surface area contributed by atoms with E-state index >= 15 is 0 Å². The van der Waals surface area contributed by atoms with Crippen molar-refractivity contribution in [2.75, 3.05) is 18.9 Å². The Hall–Kier alpha value is -2.17. The summed E-state index contributed by atoms with van der Waals surface area (Å²) in [6.45, 7) is 5.69. The normalized spacial score (nSPS) is 14.3. The van der Waals surface area contributed by atoms with Gasteiger partial charge in [0.1, 0.15) is 5.82 Å². The van der Waals surface area contributed by atoms with E-state index in [9.17, 15) is 0 Å². The molecule has 1 aromatic heterocycles. The molecule has 0 aliphatic carbocycles. The van der Waals surface area contributed by atoms with E-state index in [4.69, 9.17) is 15.2 Å². The summed E-state index contributed by atoms with van der Waals surface area (Å²) in [7, 11) is 1.84. The molecule has 21 heavy (non-hydrogen) atoms. The Kier molecular flexibility index (Phi) is 3.49. The van der Waals surface area contributed by atoms with Gasteiger partial charge in [-0.3, -0.25) is 4.68 Å². The molecule has 3 rings (SSSR count). The molecule has 0 atom stereocenters. The van der Waals surface area contributed by atoms with Gasteiger partial charge < -0.3 is 15.2 Å². The maximum absolute atomic E-state index is 6.14. The van der Waals surface area contributed by atoms with Gasteiger partial charge in [0.15, 0.2) is 11.5 Å². The van der Waals surface area contributed by atoms with Gasteiger partial charge in [0.2, 0.25) is 0 Å². The summed E-state index contributed by atoms with van der Waals surface area (Å²) in [6, 6.07) is 4.11. The quantitative estimate of drug-likeness (QED) is 0.922. The minimum Gasteiger partial charge on any atom is -0.490 e. The summed E-state index contributed by atoms with van der Waals surface area (Å²) in [4.78, 5) is 0. The van der Waals surface area contributed by atoms with Crippen LogP contribution in [-0.4, -0.2) is 23.0 Å². The van der Waals surface area contributed by atoms with Crippen LogP contribution in [0.2, 0.25) is 0 Å². The molecule has 0 bridgehead atoms. The number of nitrogen functional groups attached to an aromatic ring is 1. The first-order valence-electron chi connectivity index (χ1n) is 7.29. The zero-order chi connectivity index (χ0) is 15.0. The lowest BCUT2D eigenvalue weighted by Crippen LogP contribution is -2.01. The lowest BCUT2D eigenvalue weighted by molar-refractivity contribution is 0.297. The van der Waals surface area contributed by atoms with Crippen LogP contribution in [0.15, 0.2) is 18.3 Å². The highest BCUT2D eigenvalue weighted by atomic mass is 16.5. The topological polar surface area (TPSA) is 62.3 Å². The Balaban J connectivity index is 2.18. The summed E-state index contributed by atoms with van der Waals surface area (Å²) in [5.41, 5.74) is 9.34. The van der Waals surface area contributed by atoms with Gasteiger partial charge in [-0.1, -0.05) is 13.8 Å². The van der Waals surface area contributed by atoms with Crippen molar-refractivity contribution in [3.8, 4) is 22.6 Å². The number of aryl methyl sites for hydroxylation is 1. The van der Waals surface area contributed by atoms with Crippen LogP contribution in [0.3, 0.4) is 0 Å². The first-order valence-corrected chi connectivity index (χ1v) is 7.29. The van der Waals surface area contributed by atoms with Crippen LogP contribution in [0, 0.1) is 0 Å². The maximum atomic E-state index is 6.14. The molecule has 0 radical (unpaired) electrons. The predicted molar refractivity (Wildman–Crippen MR) is 82.8 cm³/mol. The number of nitrogens with zero attached hydrogens (tertiary/aromatic N) is 2. The Labute approximate surface area is 124 Å². The molecule has 0 unspecified atom stereocenters.